The molecular formula is C15H15FN2O2. The van der Waals surface area contributed by atoms with Gasteiger partial charge in [0.15, 0.2) is 11.6 Å². The topological polar surface area (TPSA) is 64.3 Å². The van der Waals surface area contributed by atoms with Crippen LogP contribution in [0.5, 0.6) is 5.75 Å². The summed E-state index contributed by atoms with van der Waals surface area (Å²) in [6, 6.07) is 9.15. The molecule has 4 nitrogen and oxygen atoms in total. The van der Waals surface area contributed by atoms with Crippen molar-refractivity contribution in [1.82, 2.24) is 0 Å². The second-order valence-electron chi connectivity index (χ2n) is 4.38. The predicted octanol–water partition coefficient (Wildman–Crippen LogP) is 2.98. The van der Waals surface area contributed by atoms with E-state index in [0.29, 0.717) is 16.9 Å². The van der Waals surface area contributed by atoms with Crippen LogP contribution in [0.1, 0.15) is 15.9 Å². The van der Waals surface area contributed by atoms with E-state index in [-0.39, 0.29) is 11.7 Å². The summed E-state index contributed by atoms with van der Waals surface area (Å²) >= 11 is 0. The third kappa shape index (κ3) is 2.88. The fourth-order valence-corrected chi connectivity index (χ4v) is 1.82. The maximum Gasteiger partial charge on any atom is 0.255 e. The van der Waals surface area contributed by atoms with Gasteiger partial charge in [0.1, 0.15) is 0 Å². The standard InChI is InChI=1S/C15H15FN2O2/c1-9-7-11(17)4-6-13(9)18-15(19)10-3-5-12(16)14(8-10)20-2/h3-8H,17H2,1-2H3,(H,18,19). The molecule has 5 heteroatoms. The Morgan fingerprint density at radius 3 is 2.65 bits per heavy atom. The summed E-state index contributed by atoms with van der Waals surface area (Å²) in [5, 5.41) is 2.75. The number of aryl methyl sites for hydroxylation is 1. The molecule has 1 amide bonds. The molecule has 0 aliphatic rings. The summed E-state index contributed by atoms with van der Waals surface area (Å²) in [4.78, 5) is 12.1. The molecule has 0 saturated carbocycles. The lowest BCUT2D eigenvalue weighted by Crippen LogP contribution is -2.13. The molecule has 0 spiro atoms. The number of ether oxygens (including phenoxy) is 1. The quantitative estimate of drug-likeness (QED) is 0.846. The highest BCUT2D eigenvalue weighted by Crippen LogP contribution is 2.21. The number of nitrogens with two attached hydrogens (primary N) is 1. The molecule has 0 unspecified atom stereocenters. The number of anilines is 2. The average Bonchev–Trinajstić information content (AvgIpc) is 2.42. The van der Waals surface area contributed by atoms with E-state index < -0.39 is 5.82 Å². The largest absolute Gasteiger partial charge is 0.494 e. The van der Waals surface area contributed by atoms with E-state index in [2.05, 4.69) is 5.32 Å². The van der Waals surface area contributed by atoms with Gasteiger partial charge in [-0.3, -0.25) is 4.79 Å². The van der Waals surface area contributed by atoms with Crippen LogP contribution < -0.4 is 15.8 Å². The minimum absolute atomic E-state index is 0.0340. The Morgan fingerprint density at radius 2 is 2.00 bits per heavy atom. The van der Waals surface area contributed by atoms with Crippen molar-refractivity contribution >= 4 is 17.3 Å². The van der Waals surface area contributed by atoms with Crippen LogP contribution in [-0.2, 0) is 0 Å². The molecule has 0 aliphatic carbocycles. The van der Waals surface area contributed by atoms with Crippen molar-refractivity contribution in [2.45, 2.75) is 6.92 Å². The number of nitrogens with one attached hydrogen (secondary N) is 1. The Bertz CT molecular complexity index is 656. The van der Waals surface area contributed by atoms with Gasteiger partial charge in [-0.2, -0.15) is 0 Å². The average molecular weight is 274 g/mol. The molecule has 0 aliphatic heterocycles. The molecule has 2 aromatic carbocycles. The molecule has 0 heterocycles. The number of hydrogen-bond donors (Lipinski definition) is 2. The van der Waals surface area contributed by atoms with E-state index in [4.69, 9.17) is 10.5 Å². The molecule has 0 aromatic heterocycles. The lowest BCUT2D eigenvalue weighted by Gasteiger charge is -2.10. The lowest BCUT2D eigenvalue weighted by atomic mass is 10.1. The van der Waals surface area contributed by atoms with Gasteiger partial charge in [0.2, 0.25) is 0 Å². The zero-order valence-electron chi connectivity index (χ0n) is 11.2. The Morgan fingerprint density at radius 1 is 1.25 bits per heavy atom. The van der Waals surface area contributed by atoms with Crippen molar-refractivity contribution < 1.29 is 13.9 Å². The van der Waals surface area contributed by atoms with Crippen LogP contribution in [0.4, 0.5) is 15.8 Å². The number of carbonyl (C=O) groups is 1. The molecule has 3 N–H and O–H groups in total. The monoisotopic (exact) mass is 274 g/mol. The van der Waals surface area contributed by atoms with Gasteiger partial charge in [-0.1, -0.05) is 0 Å². The number of nitrogen functional groups attached to an aromatic ring is 1. The molecule has 2 rings (SSSR count). The highest BCUT2D eigenvalue weighted by atomic mass is 19.1. The van der Waals surface area contributed by atoms with Gasteiger partial charge in [0.25, 0.3) is 5.91 Å². The van der Waals surface area contributed by atoms with Crippen LogP contribution in [0, 0.1) is 12.7 Å². The summed E-state index contributed by atoms with van der Waals surface area (Å²) in [7, 11) is 1.35. The van der Waals surface area contributed by atoms with Gasteiger partial charge in [-0.15, -0.1) is 0 Å². The fourth-order valence-electron chi connectivity index (χ4n) is 1.82. The summed E-state index contributed by atoms with van der Waals surface area (Å²) in [5.41, 5.74) is 8.11. The van der Waals surface area contributed by atoms with Gasteiger partial charge in [0, 0.05) is 16.9 Å². The number of methoxy groups -OCH3 is 1. The van der Waals surface area contributed by atoms with E-state index in [9.17, 15) is 9.18 Å². The van der Waals surface area contributed by atoms with Crippen molar-refractivity contribution in [3.8, 4) is 5.75 Å². The highest BCUT2D eigenvalue weighted by molar-refractivity contribution is 6.05. The van der Waals surface area contributed by atoms with Crippen molar-refractivity contribution in [3.63, 3.8) is 0 Å². The molecule has 20 heavy (non-hydrogen) atoms. The Kier molecular flexibility index (Phi) is 3.89. The maximum atomic E-state index is 13.3. The summed E-state index contributed by atoms with van der Waals surface area (Å²) < 4.78 is 18.2. The van der Waals surface area contributed by atoms with E-state index in [1.54, 1.807) is 18.2 Å². The van der Waals surface area contributed by atoms with Crippen molar-refractivity contribution in [2.75, 3.05) is 18.2 Å². The molecule has 0 radical (unpaired) electrons. The molecular weight excluding hydrogens is 259 g/mol. The first kappa shape index (κ1) is 13.9. The predicted molar refractivity (Wildman–Crippen MR) is 76.5 cm³/mol. The first-order valence-corrected chi connectivity index (χ1v) is 6.02. The SMILES string of the molecule is COc1cc(C(=O)Nc2ccc(N)cc2C)ccc1F. The number of rotatable bonds is 3. The number of benzene rings is 2. The number of hydrogen-bond acceptors (Lipinski definition) is 3. The molecule has 2 aromatic rings. The zero-order chi connectivity index (χ0) is 14.7. The minimum Gasteiger partial charge on any atom is -0.494 e. The van der Waals surface area contributed by atoms with Gasteiger partial charge in [-0.25, -0.2) is 4.39 Å². The Hall–Kier alpha value is -2.56. The highest BCUT2D eigenvalue weighted by Gasteiger charge is 2.11. The molecule has 0 saturated heterocycles. The van der Waals surface area contributed by atoms with Gasteiger partial charge >= 0.3 is 0 Å². The summed E-state index contributed by atoms with van der Waals surface area (Å²) in [6.07, 6.45) is 0. The van der Waals surface area contributed by atoms with Crippen LogP contribution in [-0.4, -0.2) is 13.0 Å². The van der Waals surface area contributed by atoms with E-state index >= 15 is 0 Å². The second-order valence-corrected chi connectivity index (χ2v) is 4.38. The normalized spacial score (nSPS) is 10.2. The number of amides is 1. The van der Waals surface area contributed by atoms with E-state index in [1.165, 1.54) is 25.3 Å². The van der Waals surface area contributed by atoms with Crippen molar-refractivity contribution in [2.24, 2.45) is 0 Å². The number of halogens is 1. The third-order valence-electron chi connectivity index (χ3n) is 2.91. The van der Waals surface area contributed by atoms with Crippen LogP contribution in [0.2, 0.25) is 0 Å². The van der Waals surface area contributed by atoms with Crippen LogP contribution in [0.15, 0.2) is 36.4 Å². The molecule has 0 fully saturated rings. The molecule has 0 atom stereocenters. The Labute approximate surface area is 116 Å². The lowest BCUT2D eigenvalue weighted by molar-refractivity contribution is 0.102. The first-order valence-electron chi connectivity index (χ1n) is 6.02. The minimum atomic E-state index is -0.507. The Balaban J connectivity index is 2.24. The molecule has 0 bridgehead atoms. The van der Waals surface area contributed by atoms with E-state index in [1.807, 2.05) is 6.92 Å². The summed E-state index contributed by atoms with van der Waals surface area (Å²) in [5.74, 6) is -0.810. The molecule has 104 valence electrons. The van der Waals surface area contributed by atoms with Crippen molar-refractivity contribution in [1.29, 1.82) is 0 Å². The second kappa shape index (κ2) is 5.61. The van der Waals surface area contributed by atoms with Crippen LogP contribution in [0.3, 0.4) is 0 Å². The van der Waals surface area contributed by atoms with Gasteiger partial charge < -0.3 is 15.8 Å². The van der Waals surface area contributed by atoms with E-state index in [0.717, 1.165) is 5.56 Å². The number of carbonyl (C=O) groups excluding carboxylic acids is 1. The third-order valence-corrected chi connectivity index (χ3v) is 2.91. The summed E-state index contributed by atoms with van der Waals surface area (Å²) in [6.45, 7) is 1.84. The van der Waals surface area contributed by atoms with Crippen LogP contribution >= 0.6 is 0 Å². The van der Waals surface area contributed by atoms with Gasteiger partial charge in [-0.05, 0) is 48.9 Å². The first-order chi connectivity index (χ1) is 9.51. The zero-order valence-corrected chi connectivity index (χ0v) is 11.2. The maximum absolute atomic E-state index is 13.3. The van der Waals surface area contributed by atoms with Crippen molar-refractivity contribution in [3.05, 3.63) is 53.3 Å². The van der Waals surface area contributed by atoms with Crippen LogP contribution in [0.25, 0.3) is 0 Å². The van der Waals surface area contributed by atoms with Gasteiger partial charge in [0.05, 0.1) is 7.11 Å². The fraction of sp³-hybridized carbons (Fsp3) is 0.133. The smallest absolute Gasteiger partial charge is 0.255 e.